The molecule has 1 aromatic heterocycles. The Hall–Kier alpha value is -0.680. The minimum atomic E-state index is 0.414. The fourth-order valence-electron chi connectivity index (χ4n) is 2.45. The Morgan fingerprint density at radius 2 is 1.95 bits per heavy atom. The highest BCUT2D eigenvalue weighted by molar-refractivity contribution is 7.09. The predicted octanol–water partition coefficient (Wildman–Crippen LogP) is 3.20. The van der Waals surface area contributed by atoms with Gasteiger partial charge in [-0.05, 0) is 31.8 Å². The molecule has 0 aliphatic carbocycles. The smallest absolute Gasteiger partial charge is 0.202 e. The largest absolute Gasteiger partial charge is 0.360 e. The van der Waals surface area contributed by atoms with Gasteiger partial charge in [0.15, 0.2) is 0 Å². The zero-order chi connectivity index (χ0) is 13.7. The molecule has 0 aromatic carbocycles. The molecule has 1 fully saturated rings. The number of anilines is 1. The Kier molecular flexibility index (Phi) is 5.58. The zero-order valence-corrected chi connectivity index (χ0v) is 13.2. The van der Waals surface area contributed by atoms with E-state index in [0.717, 1.165) is 17.5 Å². The zero-order valence-electron chi connectivity index (χ0n) is 12.4. The topological polar surface area (TPSA) is 41.1 Å². The Morgan fingerprint density at radius 3 is 2.58 bits per heavy atom. The Bertz CT molecular complexity index is 371. The molecule has 0 bridgehead atoms. The molecule has 1 aliphatic heterocycles. The van der Waals surface area contributed by atoms with E-state index in [0.29, 0.717) is 11.8 Å². The first-order chi connectivity index (χ1) is 9.15. The molecule has 1 aliphatic rings. The molecule has 108 valence electrons. The number of nitrogens with one attached hydrogen (secondary N) is 1. The van der Waals surface area contributed by atoms with E-state index in [1.165, 1.54) is 50.4 Å². The first-order valence-corrected chi connectivity index (χ1v) is 8.22. The van der Waals surface area contributed by atoms with Gasteiger partial charge in [-0.25, -0.2) is 4.98 Å². The molecule has 2 rings (SSSR count). The molecule has 2 heterocycles. The van der Waals surface area contributed by atoms with Crippen LogP contribution in [0.4, 0.5) is 5.13 Å². The van der Waals surface area contributed by atoms with Gasteiger partial charge in [-0.15, -0.1) is 0 Å². The van der Waals surface area contributed by atoms with Crippen molar-refractivity contribution in [2.24, 2.45) is 5.92 Å². The molecule has 19 heavy (non-hydrogen) atoms. The predicted molar refractivity (Wildman–Crippen MR) is 81.9 cm³/mol. The van der Waals surface area contributed by atoms with Crippen LogP contribution in [0.5, 0.6) is 0 Å². The summed E-state index contributed by atoms with van der Waals surface area (Å²) in [5.74, 6) is 2.03. The van der Waals surface area contributed by atoms with Gasteiger partial charge in [0.25, 0.3) is 0 Å². The number of piperidine rings is 1. The third-order valence-electron chi connectivity index (χ3n) is 3.58. The maximum Gasteiger partial charge on any atom is 0.202 e. The van der Waals surface area contributed by atoms with Crippen molar-refractivity contribution in [3.8, 4) is 0 Å². The van der Waals surface area contributed by atoms with Crippen LogP contribution in [-0.4, -0.2) is 40.4 Å². The van der Waals surface area contributed by atoms with Crippen LogP contribution in [0, 0.1) is 5.92 Å². The molecule has 1 saturated heterocycles. The summed E-state index contributed by atoms with van der Waals surface area (Å²) in [7, 11) is 0. The summed E-state index contributed by atoms with van der Waals surface area (Å²) < 4.78 is 4.37. The molecule has 1 N–H and O–H groups in total. The summed E-state index contributed by atoms with van der Waals surface area (Å²) in [6.45, 7) is 11.3. The monoisotopic (exact) mass is 282 g/mol. The lowest BCUT2D eigenvalue weighted by molar-refractivity contribution is 0.204. The molecule has 1 unspecified atom stereocenters. The summed E-state index contributed by atoms with van der Waals surface area (Å²) in [6.07, 6.45) is 4.15. The Balaban J connectivity index is 1.71. The van der Waals surface area contributed by atoms with Crippen LogP contribution in [0.1, 0.15) is 51.8 Å². The average molecular weight is 282 g/mol. The van der Waals surface area contributed by atoms with Crippen LogP contribution in [0.3, 0.4) is 0 Å². The fourth-order valence-corrected chi connectivity index (χ4v) is 3.16. The maximum atomic E-state index is 4.51. The molecule has 1 aromatic rings. The molecule has 0 spiro atoms. The first-order valence-electron chi connectivity index (χ1n) is 7.45. The SMILES string of the molecule is CC(CNc1nc(C(C)C)ns1)CN1CCCCC1. The van der Waals surface area contributed by atoms with Gasteiger partial charge < -0.3 is 10.2 Å². The molecular formula is C14H26N4S. The lowest BCUT2D eigenvalue weighted by Gasteiger charge is -2.29. The lowest BCUT2D eigenvalue weighted by Crippen LogP contribution is -2.35. The van der Waals surface area contributed by atoms with Crippen molar-refractivity contribution in [1.29, 1.82) is 0 Å². The summed E-state index contributed by atoms with van der Waals surface area (Å²) in [6, 6.07) is 0. The van der Waals surface area contributed by atoms with Gasteiger partial charge in [0, 0.05) is 30.5 Å². The first kappa shape index (κ1) is 14.7. The highest BCUT2D eigenvalue weighted by atomic mass is 32.1. The molecule has 0 radical (unpaired) electrons. The second-order valence-electron chi connectivity index (χ2n) is 5.96. The second kappa shape index (κ2) is 7.20. The summed E-state index contributed by atoms with van der Waals surface area (Å²) in [5.41, 5.74) is 0. The van der Waals surface area contributed by atoms with Gasteiger partial charge in [-0.3, -0.25) is 0 Å². The molecule has 0 saturated carbocycles. The molecular weight excluding hydrogens is 256 g/mol. The van der Waals surface area contributed by atoms with Gasteiger partial charge >= 0.3 is 0 Å². The highest BCUT2D eigenvalue weighted by Gasteiger charge is 2.14. The number of hydrogen-bond acceptors (Lipinski definition) is 5. The Morgan fingerprint density at radius 1 is 1.21 bits per heavy atom. The molecule has 4 nitrogen and oxygen atoms in total. The number of hydrogen-bond donors (Lipinski definition) is 1. The van der Waals surface area contributed by atoms with E-state index in [2.05, 4.69) is 40.3 Å². The van der Waals surface area contributed by atoms with E-state index in [9.17, 15) is 0 Å². The van der Waals surface area contributed by atoms with Crippen molar-refractivity contribution in [3.63, 3.8) is 0 Å². The summed E-state index contributed by atoms with van der Waals surface area (Å²) in [4.78, 5) is 7.10. The highest BCUT2D eigenvalue weighted by Crippen LogP contribution is 2.18. The van der Waals surface area contributed by atoms with Gasteiger partial charge in [-0.1, -0.05) is 27.2 Å². The fraction of sp³-hybridized carbons (Fsp3) is 0.857. The van der Waals surface area contributed by atoms with E-state index >= 15 is 0 Å². The number of rotatable bonds is 6. The Labute approximate surface area is 120 Å². The lowest BCUT2D eigenvalue weighted by atomic mass is 10.1. The summed E-state index contributed by atoms with van der Waals surface area (Å²) in [5, 5.41) is 4.39. The van der Waals surface area contributed by atoms with Crippen LogP contribution in [0.25, 0.3) is 0 Å². The molecule has 0 amide bonds. The standard InChI is InChI=1S/C14H26N4S/c1-11(2)13-16-14(19-17-13)15-9-12(3)10-18-7-5-4-6-8-18/h11-12H,4-10H2,1-3H3,(H,15,16,17). The van der Waals surface area contributed by atoms with E-state index in [1.807, 2.05) is 0 Å². The van der Waals surface area contributed by atoms with Gasteiger partial charge in [0.1, 0.15) is 5.82 Å². The normalized spacial score (nSPS) is 18.7. The number of nitrogens with zero attached hydrogens (tertiary/aromatic N) is 3. The van der Waals surface area contributed by atoms with E-state index < -0.39 is 0 Å². The minimum absolute atomic E-state index is 0.414. The molecule has 5 heteroatoms. The second-order valence-corrected chi connectivity index (χ2v) is 6.71. The van der Waals surface area contributed by atoms with E-state index in [1.54, 1.807) is 0 Å². The van der Waals surface area contributed by atoms with Gasteiger partial charge in [0.05, 0.1) is 0 Å². The van der Waals surface area contributed by atoms with Crippen molar-refractivity contribution >= 4 is 16.7 Å². The van der Waals surface area contributed by atoms with Gasteiger partial charge in [0.2, 0.25) is 5.13 Å². The third-order valence-corrected chi connectivity index (χ3v) is 4.27. The van der Waals surface area contributed by atoms with E-state index in [-0.39, 0.29) is 0 Å². The van der Waals surface area contributed by atoms with Crippen molar-refractivity contribution in [2.75, 3.05) is 31.5 Å². The van der Waals surface area contributed by atoms with Crippen molar-refractivity contribution in [3.05, 3.63) is 5.82 Å². The third kappa shape index (κ3) is 4.73. The van der Waals surface area contributed by atoms with E-state index in [4.69, 9.17) is 0 Å². The van der Waals surface area contributed by atoms with Crippen molar-refractivity contribution in [2.45, 2.75) is 46.0 Å². The maximum absolute atomic E-state index is 4.51. The average Bonchev–Trinajstić information content (AvgIpc) is 2.86. The number of aromatic nitrogens is 2. The summed E-state index contributed by atoms with van der Waals surface area (Å²) >= 11 is 1.48. The van der Waals surface area contributed by atoms with Crippen molar-refractivity contribution in [1.82, 2.24) is 14.3 Å². The van der Waals surface area contributed by atoms with Crippen LogP contribution in [0.15, 0.2) is 0 Å². The number of likely N-dealkylation sites (tertiary alicyclic amines) is 1. The molecule has 1 atom stereocenters. The van der Waals surface area contributed by atoms with Crippen LogP contribution < -0.4 is 5.32 Å². The van der Waals surface area contributed by atoms with Crippen molar-refractivity contribution < 1.29 is 0 Å². The van der Waals surface area contributed by atoms with Gasteiger partial charge in [-0.2, -0.15) is 4.37 Å². The van der Waals surface area contributed by atoms with Crippen LogP contribution in [0.2, 0.25) is 0 Å². The minimum Gasteiger partial charge on any atom is -0.360 e. The quantitative estimate of drug-likeness (QED) is 0.870. The van der Waals surface area contributed by atoms with Crippen LogP contribution in [-0.2, 0) is 0 Å². The van der Waals surface area contributed by atoms with Crippen LogP contribution >= 0.6 is 11.5 Å².